The van der Waals surface area contributed by atoms with Gasteiger partial charge in [-0.15, -0.1) is 0 Å². The van der Waals surface area contributed by atoms with E-state index in [9.17, 15) is 8.42 Å². The fourth-order valence-corrected chi connectivity index (χ4v) is 3.53. The molecule has 2 aromatic rings. The maximum atomic E-state index is 12.5. The number of aromatic nitrogens is 2. The molecule has 108 valence electrons. The molecule has 0 fully saturated rings. The van der Waals surface area contributed by atoms with Gasteiger partial charge < -0.3 is 10.7 Å². The molecule has 4 N–H and O–H groups in total. The number of hydrogen-bond donors (Lipinski definition) is 3. The molecule has 2 rings (SSSR count). The lowest BCUT2D eigenvalue weighted by Crippen LogP contribution is -2.28. The van der Waals surface area contributed by atoms with Crippen molar-refractivity contribution in [3.05, 3.63) is 42.0 Å². The molecule has 6 nitrogen and oxygen atoms in total. The first-order valence-electron chi connectivity index (χ1n) is 6.34. The van der Waals surface area contributed by atoms with Gasteiger partial charge in [-0.2, -0.15) is 0 Å². The summed E-state index contributed by atoms with van der Waals surface area (Å²) in [6.45, 7) is 3.63. The van der Waals surface area contributed by atoms with Crippen molar-refractivity contribution in [2.75, 3.05) is 5.73 Å². The molecule has 1 aromatic heterocycles. The van der Waals surface area contributed by atoms with Gasteiger partial charge in [-0.05, 0) is 31.0 Å². The Balaban J connectivity index is 2.33. The van der Waals surface area contributed by atoms with E-state index in [2.05, 4.69) is 14.7 Å². The van der Waals surface area contributed by atoms with E-state index >= 15 is 0 Å². The van der Waals surface area contributed by atoms with E-state index in [0.717, 1.165) is 5.56 Å². The van der Waals surface area contributed by atoms with Crippen molar-refractivity contribution in [3.8, 4) is 0 Å². The Kier molecular flexibility index (Phi) is 4.10. The zero-order valence-electron chi connectivity index (χ0n) is 11.4. The highest BCUT2D eigenvalue weighted by molar-refractivity contribution is 7.89. The highest BCUT2D eigenvalue weighted by Crippen LogP contribution is 2.21. The number of sulfonamides is 1. The summed E-state index contributed by atoms with van der Waals surface area (Å²) in [5.41, 5.74) is 6.85. The molecule has 0 bridgehead atoms. The van der Waals surface area contributed by atoms with Crippen LogP contribution in [0.5, 0.6) is 0 Å². The Morgan fingerprint density at radius 1 is 1.45 bits per heavy atom. The van der Waals surface area contributed by atoms with Crippen molar-refractivity contribution in [3.63, 3.8) is 0 Å². The summed E-state index contributed by atoms with van der Waals surface area (Å²) in [5, 5.41) is 0. The number of nitrogen functional groups attached to an aromatic ring is 1. The van der Waals surface area contributed by atoms with Crippen LogP contribution in [-0.4, -0.2) is 18.4 Å². The van der Waals surface area contributed by atoms with Gasteiger partial charge in [0.05, 0.1) is 10.9 Å². The van der Waals surface area contributed by atoms with Gasteiger partial charge in [0.2, 0.25) is 10.0 Å². The van der Waals surface area contributed by atoms with Crippen molar-refractivity contribution in [1.29, 1.82) is 0 Å². The number of H-pyrrole nitrogens is 1. The summed E-state index contributed by atoms with van der Waals surface area (Å²) in [4.78, 5) is 7.16. The molecule has 0 saturated heterocycles. The molecule has 0 aliphatic carbocycles. The van der Waals surface area contributed by atoms with E-state index in [-0.39, 0.29) is 4.90 Å². The maximum Gasteiger partial charge on any atom is 0.241 e. The third-order valence-electron chi connectivity index (χ3n) is 3.02. The first-order chi connectivity index (χ1) is 9.44. The summed E-state index contributed by atoms with van der Waals surface area (Å²) >= 11 is 0. The Hall–Kier alpha value is -1.86. The molecule has 1 aromatic carbocycles. The second-order valence-electron chi connectivity index (χ2n) is 4.54. The number of nitrogens with one attached hydrogen (secondary N) is 2. The molecule has 0 aliphatic heterocycles. The van der Waals surface area contributed by atoms with E-state index < -0.39 is 16.1 Å². The molecule has 7 heteroatoms. The maximum absolute atomic E-state index is 12.5. The lowest BCUT2D eigenvalue weighted by atomic mass is 10.1. The van der Waals surface area contributed by atoms with Crippen LogP contribution in [0.15, 0.2) is 35.5 Å². The largest absolute Gasteiger partial charge is 0.399 e. The summed E-state index contributed by atoms with van der Waals surface area (Å²) in [7, 11) is -3.64. The predicted octanol–water partition coefficient (Wildman–Crippen LogP) is 1.59. The van der Waals surface area contributed by atoms with Gasteiger partial charge in [-0.1, -0.05) is 13.0 Å². The summed E-state index contributed by atoms with van der Waals surface area (Å²) in [5.74, 6) is 0.565. The molecule has 0 saturated carbocycles. The van der Waals surface area contributed by atoms with Crippen LogP contribution in [-0.2, 0) is 16.4 Å². The Morgan fingerprint density at radius 3 is 2.80 bits per heavy atom. The molecular weight excluding hydrogens is 276 g/mol. The molecule has 0 spiro atoms. The zero-order valence-corrected chi connectivity index (χ0v) is 12.2. The van der Waals surface area contributed by atoms with Gasteiger partial charge in [0.15, 0.2) is 0 Å². The number of nitrogens with two attached hydrogens (primary N) is 1. The van der Waals surface area contributed by atoms with Gasteiger partial charge in [-0.25, -0.2) is 18.1 Å². The highest BCUT2D eigenvalue weighted by atomic mass is 32.2. The second-order valence-corrected chi connectivity index (χ2v) is 6.22. The summed E-state index contributed by atoms with van der Waals surface area (Å²) in [6.07, 6.45) is 3.85. The average Bonchev–Trinajstić information content (AvgIpc) is 2.92. The molecule has 1 unspecified atom stereocenters. The minimum Gasteiger partial charge on any atom is -0.399 e. The molecular formula is C13H18N4O2S. The van der Waals surface area contributed by atoms with Gasteiger partial charge in [0, 0.05) is 18.1 Å². The predicted molar refractivity (Wildman–Crippen MR) is 77.6 cm³/mol. The number of aryl methyl sites for hydroxylation is 1. The van der Waals surface area contributed by atoms with Crippen LogP contribution in [0, 0.1) is 0 Å². The van der Waals surface area contributed by atoms with Crippen LogP contribution in [0.2, 0.25) is 0 Å². The quantitative estimate of drug-likeness (QED) is 0.729. The molecule has 20 heavy (non-hydrogen) atoms. The van der Waals surface area contributed by atoms with Gasteiger partial charge in [0.1, 0.15) is 5.82 Å². The van der Waals surface area contributed by atoms with Crippen LogP contribution in [0.25, 0.3) is 0 Å². The van der Waals surface area contributed by atoms with Crippen molar-refractivity contribution in [2.24, 2.45) is 0 Å². The van der Waals surface area contributed by atoms with Crippen LogP contribution in [0.1, 0.15) is 31.3 Å². The van der Waals surface area contributed by atoms with E-state index in [1.54, 1.807) is 31.5 Å². The first kappa shape index (κ1) is 14.5. The Morgan fingerprint density at radius 2 is 2.20 bits per heavy atom. The summed E-state index contributed by atoms with van der Waals surface area (Å²) in [6, 6.07) is 4.48. The summed E-state index contributed by atoms with van der Waals surface area (Å²) < 4.78 is 27.5. The van der Waals surface area contributed by atoms with Gasteiger partial charge >= 0.3 is 0 Å². The standard InChI is InChI=1S/C13H18N4O2S/c1-3-10-4-5-11(14)8-12(10)20(18,19)17-9(2)13-15-6-7-16-13/h4-9,17H,3,14H2,1-2H3,(H,15,16). The minimum absolute atomic E-state index is 0.221. The topological polar surface area (TPSA) is 101 Å². The third-order valence-corrected chi connectivity index (χ3v) is 4.65. The number of benzene rings is 1. The lowest BCUT2D eigenvalue weighted by molar-refractivity contribution is 0.560. The SMILES string of the molecule is CCc1ccc(N)cc1S(=O)(=O)NC(C)c1ncc[nH]1. The molecule has 1 heterocycles. The van der Waals surface area contributed by atoms with Crippen molar-refractivity contribution < 1.29 is 8.42 Å². The fourth-order valence-electron chi connectivity index (χ4n) is 1.98. The molecule has 1 atom stereocenters. The minimum atomic E-state index is -3.64. The van der Waals surface area contributed by atoms with Crippen molar-refractivity contribution in [1.82, 2.24) is 14.7 Å². The number of aromatic amines is 1. The highest BCUT2D eigenvalue weighted by Gasteiger charge is 2.22. The first-order valence-corrected chi connectivity index (χ1v) is 7.82. The van der Waals surface area contributed by atoms with Gasteiger partial charge in [0.25, 0.3) is 0 Å². The molecule has 0 amide bonds. The van der Waals surface area contributed by atoms with Gasteiger partial charge in [-0.3, -0.25) is 0 Å². The fraction of sp³-hybridized carbons (Fsp3) is 0.308. The number of anilines is 1. The van der Waals surface area contributed by atoms with Crippen LogP contribution >= 0.6 is 0 Å². The van der Waals surface area contributed by atoms with E-state index in [1.807, 2.05) is 6.92 Å². The Bertz CT molecular complexity index is 680. The lowest BCUT2D eigenvalue weighted by Gasteiger charge is -2.15. The normalized spacial score (nSPS) is 13.3. The van der Waals surface area contributed by atoms with E-state index in [1.165, 1.54) is 6.07 Å². The molecule has 0 radical (unpaired) electrons. The van der Waals surface area contributed by atoms with Crippen molar-refractivity contribution >= 4 is 15.7 Å². The number of nitrogens with zero attached hydrogens (tertiary/aromatic N) is 1. The smallest absolute Gasteiger partial charge is 0.241 e. The third kappa shape index (κ3) is 3.00. The van der Waals surface area contributed by atoms with Crippen molar-refractivity contribution in [2.45, 2.75) is 31.2 Å². The zero-order chi connectivity index (χ0) is 14.8. The molecule has 0 aliphatic rings. The number of rotatable bonds is 5. The van der Waals surface area contributed by atoms with Crippen LogP contribution in [0.3, 0.4) is 0 Å². The van der Waals surface area contributed by atoms with E-state index in [4.69, 9.17) is 5.73 Å². The average molecular weight is 294 g/mol. The number of imidazole rings is 1. The Labute approximate surface area is 118 Å². The van der Waals surface area contributed by atoms with Crippen LogP contribution in [0.4, 0.5) is 5.69 Å². The van der Waals surface area contributed by atoms with Crippen LogP contribution < -0.4 is 10.5 Å². The van der Waals surface area contributed by atoms with E-state index in [0.29, 0.717) is 17.9 Å². The second kappa shape index (κ2) is 5.64. The number of hydrogen-bond acceptors (Lipinski definition) is 4. The monoisotopic (exact) mass is 294 g/mol.